The van der Waals surface area contributed by atoms with Crippen LogP contribution in [-0.4, -0.2) is 16.5 Å². The number of carbonyl (C=O) groups is 1. The van der Waals surface area contributed by atoms with Crippen LogP contribution in [0.5, 0.6) is 0 Å². The van der Waals surface area contributed by atoms with Gasteiger partial charge in [0.2, 0.25) is 0 Å². The number of hydrogen-bond donors (Lipinski definition) is 1. The minimum Gasteiger partial charge on any atom is -0.390 e. The summed E-state index contributed by atoms with van der Waals surface area (Å²) in [5.41, 5.74) is -1.03. The first-order valence-corrected chi connectivity index (χ1v) is 6.80. The van der Waals surface area contributed by atoms with Gasteiger partial charge >= 0.3 is 0 Å². The molecule has 17 heavy (non-hydrogen) atoms. The molecule has 0 heterocycles. The van der Waals surface area contributed by atoms with E-state index in [2.05, 4.69) is 0 Å². The molecular formula is C15H26O2. The lowest BCUT2D eigenvalue weighted by molar-refractivity contribution is -0.136. The van der Waals surface area contributed by atoms with Gasteiger partial charge < -0.3 is 5.11 Å². The molecule has 98 valence electrons. The Balaban J connectivity index is 2.28. The van der Waals surface area contributed by atoms with Gasteiger partial charge in [-0.1, -0.05) is 20.8 Å². The van der Waals surface area contributed by atoms with Gasteiger partial charge in [0.05, 0.1) is 5.60 Å². The average molecular weight is 238 g/mol. The highest BCUT2D eigenvalue weighted by Gasteiger charge is 2.63. The monoisotopic (exact) mass is 238 g/mol. The van der Waals surface area contributed by atoms with Crippen molar-refractivity contribution in [2.45, 2.75) is 72.3 Å². The van der Waals surface area contributed by atoms with Gasteiger partial charge in [-0.05, 0) is 51.4 Å². The van der Waals surface area contributed by atoms with Crippen molar-refractivity contribution in [1.29, 1.82) is 0 Å². The van der Waals surface area contributed by atoms with E-state index in [0.717, 1.165) is 32.1 Å². The van der Waals surface area contributed by atoms with E-state index in [1.165, 1.54) is 0 Å². The number of rotatable bonds is 2. The summed E-state index contributed by atoms with van der Waals surface area (Å²) in [7, 11) is 0. The molecule has 2 saturated carbocycles. The molecule has 0 aliphatic heterocycles. The maximum atomic E-state index is 12.6. The molecule has 0 atom stereocenters. The quantitative estimate of drug-likeness (QED) is 0.801. The third-order valence-corrected chi connectivity index (χ3v) is 5.30. The highest BCUT2D eigenvalue weighted by atomic mass is 16.3. The molecule has 2 fully saturated rings. The Morgan fingerprint density at radius 2 is 1.47 bits per heavy atom. The fourth-order valence-corrected chi connectivity index (χ4v) is 4.14. The molecule has 2 aliphatic rings. The van der Waals surface area contributed by atoms with Crippen molar-refractivity contribution < 1.29 is 9.90 Å². The summed E-state index contributed by atoms with van der Waals surface area (Å²) in [6.07, 6.45) is 4.89. The van der Waals surface area contributed by atoms with E-state index in [1.807, 2.05) is 34.6 Å². The van der Waals surface area contributed by atoms with Gasteiger partial charge in [0, 0.05) is 10.8 Å². The third kappa shape index (κ3) is 1.76. The van der Waals surface area contributed by atoms with Crippen LogP contribution >= 0.6 is 0 Å². The second-order valence-electron chi connectivity index (χ2n) is 7.88. The molecule has 0 saturated heterocycles. The van der Waals surface area contributed by atoms with Crippen molar-refractivity contribution in [2.75, 3.05) is 0 Å². The van der Waals surface area contributed by atoms with Crippen LogP contribution in [0.1, 0.15) is 66.7 Å². The molecule has 2 heteroatoms. The van der Waals surface area contributed by atoms with Crippen molar-refractivity contribution in [3.05, 3.63) is 0 Å². The van der Waals surface area contributed by atoms with Crippen LogP contribution in [0.3, 0.4) is 0 Å². The zero-order valence-corrected chi connectivity index (χ0v) is 11.9. The molecule has 0 radical (unpaired) electrons. The predicted molar refractivity (Wildman–Crippen MR) is 68.7 cm³/mol. The highest BCUT2D eigenvalue weighted by molar-refractivity contribution is 5.90. The zero-order valence-electron chi connectivity index (χ0n) is 11.9. The SMILES string of the molecule is CC(C)(C)C(=O)C12CCC(C(C)(C)O)(CC1)C2. The van der Waals surface area contributed by atoms with Crippen molar-refractivity contribution in [3.63, 3.8) is 0 Å². The Morgan fingerprint density at radius 3 is 1.76 bits per heavy atom. The Morgan fingerprint density at radius 1 is 1.00 bits per heavy atom. The summed E-state index contributed by atoms with van der Waals surface area (Å²) in [4.78, 5) is 12.6. The molecule has 2 aliphatic carbocycles. The fourth-order valence-electron chi connectivity index (χ4n) is 4.14. The third-order valence-electron chi connectivity index (χ3n) is 5.30. The number of hydrogen-bond acceptors (Lipinski definition) is 2. The molecule has 2 bridgehead atoms. The van der Waals surface area contributed by atoms with Crippen LogP contribution in [-0.2, 0) is 4.79 Å². The fraction of sp³-hybridized carbons (Fsp3) is 0.933. The first kappa shape index (κ1) is 13.1. The molecule has 0 spiro atoms. The van der Waals surface area contributed by atoms with E-state index in [0.29, 0.717) is 5.78 Å². The maximum absolute atomic E-state index is 12.6. The molecular weight excluding hydrogens is 212 g/mol. The number of Topliss-reactive ketones (excluding diaryl/α,β-unsaturated/α-hetero) is 1. The molecule has 0 aromatic carbocycles. The number of carbonyl (C=O) groups excluding carboxylic acids is 1. The summed E-state index contributed by atoms with van der Waals surface area (Å²) in [6, 6.07) is 0. The zero-order chi connectivity index (χ0) is 13.1. The maximum Gasteiger partial charge on any atom is 0.144 e. The van der Waals surface area contributed by atoms with Crippen LogP contribution < -0.4 is 0 Å². The van der Waals surface area contributed by atoms with Gasteiger partial charge in [-0.25, -0.2) is 0 Å². The molecule has 2 rings (SSSR count). The average Bonchev–Trinajstić information content (AvgIpc) is 2.71. The molecule has 0 aromatic rings. The van der Waals surface area contributed by atoms with E-state index in [1.54, 1.807) is 0 Å². The van der Waals surface area contributed by atoms with Crippen molar-refractivity contribution in [3.8, 4) is 0 Å². The van der Waals surface area contributed by atoms with Gasteiger partial charge in [-0.2, -0.15) is 0 Å². The van der Waals surface area contributed by atoms with Crippen LogP contribution in [0.4, 0.5) is 0 Å². The van der Waals surface area contributed by atoms with Crippen molar-refractivity contribution in [1.82, 2.24) is 0 Å². The molecule has 2 nitrogen and oxygen atoms in total. The van der Waals surface area contributed by atoms with Gasteiger partial charge in [0.1, 0.15) is 5.78 Å². The lowest BCUT2D eigenvalue weighted by Crippen LogP contribution is -2.40. The Kier molecular flexibility index (Phi) is 2.57. The van der Waals surface area contributed by atoms with E-state index < -0.39 is 5.60 Å². The van der Waals surface area contributed by atoms with Gasteiger partial charge in [0.15, 0.2) is 0 Å². The van der Waals surface area contributed by atoms with Crippen LogP contribution in [0.25, 0.3) is 0 Å². The lowest BCUT2D eigenvalue weighted by atomic mass is 9.70. The molecule has 0 unspecified atom stereocenters. The Hall–Kier alpha value is -0.370. The lowest BCUT2D eigenvalue weighted by Gasteiger charge is -2.38. The van der Waals surface area contributed by atoms with Gasteiger partial charge in [-0.3, -0.25) is 4.79 Å². The second kappa shape index (κ2) is 3.34. The first-order chi connectivity index (χ1) is 7.53. The second-order valence-corrected chi connectivity index (χ2v) is 7.88. The molecule has 0 amide bonds. The summed E-state index contributed by atoms with van der Waals surface area (Å²) < 4.78 is 0. The van der Waals surface area contributed by atoms with E-state index in [9.17, 15) is 9.90 Å². The number of aliphatic hydroxyl groups is 1. The minimum atomic E-state index is -0.649. The topological polar surface area (TPSA) is 37.3 Å². The summed E-state index contributed by atoms with van der Waals surface area (Å²) in [6.45, 7) is 9.89. The Bertz CT molecular complexity index is 333. The largest absolute Gasteiger partial charge is 0.390 e. The van der Waals surface area contributed by atoms with Crippen LogP contribution in [0, 0.1) is 16.2 Å². The summed E-state index contributed by atoms with van der Waals surface area (Å²) >= 11 is 0. The van der Waals surface area contributed by atoms with Crippen LogP contribution in [0.2, 0.25) is 0 Å². The highest BCUT2D eigenvalue weighted by Crippen LogP contribution is 2.66. The van der Waals surface area contributed by atoms with Gasteiger partial charge in [-0.15, -0.1) is 0 Å². The van der Waals surface area contributed by atoms with Crippen LogP contribution in [0.15, 0.2) is 0 Å². The molecule has 1 N–H and O–H groups in total. The number of fused-ring (bicyclic) bond motifs is 2. The Labute approximate surface area is 105 Å². The van der Waals surface area contributed by atoms with E-state index in [4.69, 9.17) is 0 Å². The van der Waals surface area contributed by atoms with E-state index in [-0.39, 0.29) is 16.2 Å². The van der Waals surface area contributed by atoms with Gasteiger partial charge in [0.25, 0.3) is 0 Å². The normalized spacial score (nSPS) is 37.5. The standard InChI is InChI=1S/C15H26O2/c1-12(2,3)11(16)14-6-8-15(10-14,9-7-14)13(4,5)17/h17H,6-10H2,1-5H3. The van der Waals surface area contributed by atoms with Crippen molar-refractivity contribution >= 4 is 5.78 Å². The molecule has 0 aromatic heterocycles. The van der Waals surface area contributed by atoms with Crippen molar-refractivity contribution in [2.24, 2.45) is 16.2 Å². The van der Waals surface area contributed by atoms with E-state index >= 15 is 0 Å². The summed E-state index contributed by atoms with van der Waals surface area (Å²) in [5.74, 6) is 0.411. The first-order valence-electron chi connectivity index (χ1n) is 6.80. The number of ketones is 1. The minimum absolute atomic E-state index is 0.00604. The predicted octanol–water partition coefficient (Wildman–Crippen LogP) is 3.32. The summed E-state index contributed by atoms with van der Waals surface area (Å²) in [5, 5.41) is 10.4. The smallest absolute Gasteiger partial charge is 0.144 e.